The van der Waals surface area contributed by atoms with E-state index in [1.165, 1.54) is 24.3 Å². The molecule has 0 aliphatic heterocycles. The number of carbonyl (C=O) groups is 1. The van der Waals surface area contributed by atoms with Gasteiger partial charge in [0.05, 0.1) is 4.90 Å². The third kappa shape index (κ3) is 4.33. The molecule has 2 rings (SSSR count). The smallest absolute Gasteiger partial charge is 0.246 e. The van der Waals surface area contributed by atoms with Crippen LogP contribution < -0.4 is 15.8 Å². The lowest BCUT2D eigenvalue weighted by Crippen LogP contribution is -2.32. The Balaban J connectivity index is 2.05. The number of sulfonamides is 1. The summed E-state index contributed by atoms with van der Waals surface area (Å²) in [6.45, 7) is 5.77. The predicted molar refractivity (Wildman–Crippen MR) is 95.4 cm³/mol. The van der Waals surface area contributed by atoms with Gasteiger partial charge in [0.25, 0.3) is 0 Å². The summed E-state index contributed by atoms with van der Waals surface area (Å²) < 4.78 is 22.4. The Morgan fingerprint density at radius 1 is 1.08 bits per heavy atom. The number of hydrogen-bond acceptors (Lipinski definition) is 4. The van der Waals surface area contributed by atoms with Crippen molar-refractivity contribution in [2.24, 2.45) is 5.14 Å². The lowest BCUT2D eigenvalue weighted by atomic mass is 10.1. The van der Waals surface area contributed by atoms with Crippen molar-refractivity contribution in [3.8, 4) is 0 Å². The van der Waals surface area contributed by atoms with Crippen LogP contribution in [0.15, 0.2) is 47.4 Å². The highest BCUT2D eigenvalue weighted by molar-refractivity contribution is 7.89. The monoisotopic (exact) mass is 347 g/mol. The molecular formula is C17H21N3O3S. The maximum absolute atomic E-state index is 12.3. The summed E-state index contributed by atoms with van der Waals surface area (Å²) in [5.74, 6) is -0.223. The second-order valence-electron chi connectivity index (χ2n) is 5.67. The number of nitrogens with one attached hydrogen (secondary N) is 2. The van der Waals surface area contributed by atoms with E-state index >= 15 is 0 Å². The highest BCUT2D eigenvalue weighted by Gasteiger charge is 2.15. The van der Waals surface area contributed by atoms with Gasteiger partial charge >= 0.3 is 0 Å². The first-order valence-electron chi connectivity index (χ1n) is 7.45. The molecule has 4 N–H and O–H groups in total. The van der Waals surface area contributed by atoms with Gasteiger partial charge < -0.3 is 10.6 Å². The molecule has 1 amide bonds. The third-order valence-electron chi connectivity index (χ3n) is 3.82. The first-order valence-corrected chi connectivity index (χ1v) is 8.99. The quantitative estimate of drug-likeness (QED) is 0.773. The van der Waals surface area contributed by atoms with Crippen LogP contribution in [-0.2, 0) is 14.8 Å². The number of primary sulfonamides is 1. The minimum absolute atomic E-state index is 0.00191. The Morgan fingerprint density at radius 2 is 1.71 bits per heavy atom. The van der Waals surface area contributed by atoms with Gasteiger partial charge in [-0.2, -0.15) is 0 Å². The summed E-state index contributed by atoms with van der Waals surface area (Å²) in [5.41, 5.74) is 3.64. The Hall–Kier alpha value is -2.38. The van der Waals surface area contributed by atoms with Crippen LogP contribution in [-0.4, -0.2) is 20.4 Å². The molecule has 24 heavy (non-hydrogen) atoms. The van der Waals surface area contributed by atoms with Gasteiger partial charge in [-0.15, -0.1) is 0 Å². The van der Waals surface area contributed by atoms with Crippen molar-refractivity contribution in [2.45, 2.75) is 31.7 Å². The van der Waals surface area contributed by atoms with Crippen LogP contribution in [0.2, 0.25) is 0 Å². The Morgan fingerprint density at radius 3 is 2.29 bits per heavy atom. The van der Waals surface area contributed by atoms with E-state index in [1.54, 1.807) is 6.92 Å². The summed E-state index contributed by atoms with van der Waals surface area (Å²) in [6, 6.07) is 11.1. The zero-order valence-electron chi connectivity index (χ0n) is 13.8. The number of rotatable bonds is 5. The number of hydrogen-bond donors (Lipinski definition) is 3. The SMILES string of the molecule is Cc1cccc(N[C@H](C)C(=O)Nc2ccc(S(N)(=O)=O)cc2)c1C. The van der Waals surface area contributed by atoms with Crippen LogP contribution in [0.5, 0.6) is 0 Å². The number of amides is 1. The van der Waals surface area contributed by atoms with Crippen molar-refractivity contribution >= 4 is 27.3 Å². The van der Waals surface area contributed by atoms with Crippen LogP contribution >= 0.6 is 0 Å². The van der Waals surface area contributed by atoms with Gasteiger partial charge in [-0.05, 0) is 62.2 Å². The molecule has 6 nitrogen and oxygen atoms in total. The summed E-state index contributed by atoms with van der Waals surface area (Å²) in [7, 11) is -3.74. The topological polar surface area (TPSA) is 101 Å². The summed E-state index contributed by atoms with van der Waals surface area (Å²) in [4.78, 5) is 12.3. The minimum Gasteiger partial charge on any atom is -0.374 e. The molecule has 0 saturated heterocycles. The maximum atomic E-state index is 12.3. The highest BCUT2D eigenvalue weighted by atomic mass is 32.2. The number of benzene rings is 2. The molecule has 0 heterocycles. The fourth-order valence-corrected chi connectivity index (χ4v) is 2.70. The summed E-state index contributed by atoms with van der Waals surface area (Å²) in [6.07, 6.45) is 0. The largest absolute Gasteiger partial charge is 0.374 e. The van der Waals surface area contributed by atoms with Gasteiger partial charge in [0.1, 0.15) is 6.04 Å². The Labute approximate surface area is 142 Å². The average Bonchev–Trinajstić information content (AvgIpc) is 2.51. The first-order chi connectivity index (χ1) is 11.2. The van der Waals surface area contributed by atoms with E-state index in [2.05, 4.69) is 10.6 Å². The fourth-order valence-electron chi connectivity index (χ4n) is 2.18. The van der Waals surface area contributed by atoms with Gasteiger partial charge in [0, 0.05) is 11.4 Å². The molecule has 2 aromatic carbocycles. The third-order valence-corrected chi connectivity index (χ3v) is 4.75. The molecule has 1 atom stereocenters. The molecule has 7 heteroatoms. The number of nitrogens with two attached hydrogens (primary N) is 1. The van der Waals surface area contributed by atoms with Gasteiger partial charge in [-0.3, -0.25) is 4.79 Å². The highest BCUT2D eigenvalue weighted by Crippen LogP contribution is 2.19. The van der Waals surface area contributed by atoms with Gasteiger partial charge in [-0.25, -0.2) is 13.6 Å². The number of anilines is 2. The standard InChI is InChI=1S/C17H21N3O3S/c1-11-5-4-6-16(12(11)2)19-13(3)17(21)20-14-7-9-15(10-8-14)24(18,22)23/h4-10,13,19H,1-3H3,(H,20,21)(H2,18,22,23)/t13-/m1/s1. The van der Waals surface area contributed by atoms with Crippen molar-refractivity contribution in [1.82, 2.24) is 0 Å². The Bertz CT molecular complexity index is 846. The normalized spacial score (nSPS) is 12.5. The Kier molecular flexibility index (Phi) is 5.26. The van der Waals surface area contributed by atoms with E-state index in [9.17, 15) is 13.2 Å². The minimum atomic E-state index is -3.74. The van der Waals surface area contributed by atoms with E-state index in [0.717, 1.165) is 16.8 Å². The van der Waals surface area contributed by atoms with Crippen LogP contribution in [0.1, 0.15) is 18.1 Å². The molecular weight excluding hydrogens is 326 g/mol. The summed E-state index contributed by atoms with van der Waals surface area (Å²) in [5, 5.41) is 11.0. The van der Waals surface area contributed by atoms with E-state index in [4.69, 9.17) is 5.14 Å². The van der Waals surface area contributed by atoms with Crippen LogP contribution in [0.25, 0.3) is 0 Å². The molecule has 0 aliphatic carbocycles. The van der Waals surface area contributed by atoms with Crippen molar-refractivity contribution < 1.29 is 13.2 Å². The zero-order chi connectivity index (χ0) is 17.9. The van der Waals surface area contributed by atoms with E-state index in [-0.39, 0.29) is 10.8 Å². The lowest BCUT2D eigenvalue weighted by molar-refractivity contribution is -0.116. The number of aryl methyl sites for hydroxylation is 1. The van der Waals surface area contributed by atoms with E-state index < -0.39 is 16.1 Å². The fraction of sp³-hybridized carbons (Fsp3) is 0.235. The van der Waals surface area contributed by atoms with Crippen LogP contribution in [0, 0.1) is 13.8 Å². The molecule has 0 spiro atoms. The van der Waals surface area contributed by atoms with Crippen LogP contribution in [0.3, 0.4) is 0 Å². The van der Waals surface area contributed by atoms with E-state index in [1.807, 2.05) is 32.0 Å². The molecule has 0 fully saturated rings. The van der Waals surface area contributed by atoms with Gasteiger partial charge in [-0.1, -0.05) is 12.1 Å². The molecule has 0 aliphatic rings. The van der Waals surface area contributed by atoms with Crippen molar-refractivity contribution in [1.29, 1.82) is 0 Å². The zero-order valence-corrected chi connectivity index (χ0v) is 14.6. The van der Waals surface area contributed by atoms with E-state index in [0.29, 0.717) is 5.69 Å². The molecule has 0 radical (unpaired) electrons. The predicted octanol–water partition coefficient (Wildman–Crippen LogP) is 2.39. The molecule has 0 bridgehead atoms. The van der Waals surface area contributed by atoms with Gasteiger partial charge in [0.2, 0.25) is 15.9 Å². The summed E-state index contributed by atoms with van der Waals surface area (Å²) >= 11 is 0. The van der Waals surface area contributed by atoms with Crippen LogP contribution in [0.4, 0.5) is 11.4 Å². The molecule has 0 unspecified atom stereocenters. The second-order valence-corrected chi connectivity index (χ2v) is 7.23. The second kappa shape index (κ2) is 7.02. The molecule has 128 valence electrons. The molecule has 0 saturated carbocycles. The molecule has 2 aromatic rings. The average molecular weight is 347 g/mol. The van der Waals surface area contributed by atoms with Crippen molar-refractivity contribution in [3.63, 3.8) is 0 Å². The number of carbonyl (C=O) groups excluding carboxylic acids is 1. The first kappa shape index (κ1) is 18.0. The van der Waals surface area contributed by atoms with Crippen molar-refractivity contribution in [3.05, 3.63) is 53.6 Å². The van der Waals surface area contributed by atoms with Crippen molar-refractivity contribution in [2.75, 3.05) is 10.6 Å². The molecule has 0 aromatic heterocycles. The lowest BCUT2D eigenvalue weighted by Gasteiger charge is -2.18. The van der Waals surface area contributed by atoms with Gasteiger partial charge in [0.15, 0.2) is 0 Å². The maximum Gasteiger partial charge on any atom is 0.246 e.